The predicted octanol–water partition coefficient (Wildman–Crippen LogP) is 1.65. The number of fused-ring (bicyclic) bond motifs is 1. The van der Waals surface area contributed by atoms with Crippen LogP contribution in [0.25, 0.3) is 10.9 Å². The zero-order valence-corrected chi connectivity index (χ0v) is 11.2. The Balaban J connectivity index is 1.67. The molecule has 1 fully saturated rings. The number of amides is 2. The van der Waals surface area contributed by atoms with E-state index in [0.717, 1.165) is 16.6 Å². The highest BCUT2D eigenvalue weighted by atomic mass is 16.2. The minimum Gasteiger partial charge on any atom is -0.341 e. The second kappa shape index (κ2) is 4.92. The first-order valence-corrected chi connectivity index (χ1v) is 6.54. The number of carbonyl (C=O) groups excluding carboxylic acids is 2. The second-order valence-electron chi connectivity index (χ2n) is 5.02. The number of anilines is 1. The van der Waals surface area contributed by atoms with Gasteiger partial charge in [0.25, 0.3) is 0 Å². The molecule has 1 saturated heterocycles. The smallest absolute Gasteiger partial charge is 0.231 e. The number of nitrogens with one attached hydrogen (secondary N) is 1. The third kappa shape index (κ3) is 2.34. The fraction of sp³-hybridized carbons (Fsp3) is 0.267. The molecule has 0 atom stereocenters. The molecule has 1 N–H and O–H groups in total. The van der Waals surface area contributed by atoms with Crippen LogP contribution in [-0.4, -0.2) is 34.8 Å². The molecule has 2 aromatic rings. The van der Waals surface area contributed by atoms with E-state index in [-0.39, 0.29) is 17.7 Å². The van der Waals surface area contributed by atoms with Crippen LogP contribution in [-0.2, 0) is 9.59 Å². The van der Waals surface area contributed by atoms with Crippen LogP contribution in [0.5, 0.6) is 0 Å². The molecule has 0 bridgehead atoms. The molecule has 0 spiro atoms. The number of hydrogen-bond donors (Lipinski definition) is 1. The highest BCUT2D eigenvalue weighted by Gasteiger charge is 2.33. The predicted molar refractivity (Wildman–Crippen MR) is 76.1 cm³/mol. The van der Waals surface area contributed by atoms with Gasteiger partial charge < -0.3 is 10.2 Å². The van der Waals surface area contributed by atoms with E-state index in [2.05, 4.69) is 10.3 Å². The van der Waals surface area contributed by atoms with Crippen LogP contribution in [0.1, 0.15) is 6.92 Å². The van der Waals surface area contributed by atoms with E-state index in [0.29, 0.717) is 13.1 Å². The maximum absolute atomic E-state index is 12.0. The molecule has 1 aromatic carbocycles. The largest absolute Gasteiger partial charge is 0.341 e. The summed E-state index contributed by atoms with van der Waals surface area (Å²) in [7, 11) is 0. The number of rotatable bonds is 2. The third-order valence-electron chi connectivity index (χ3n) is 3.57. The molecule has 0 unspecified atom stereocenters. The number of likely N-dealkylation sites (tertiary alicyclic amines) is 1. The molecule has 1 aliphatic rings. The number of aromatic nitrogens is 1. The highest BCUT2D eigenvalue weighted by Crippen LogP contribution is 2.20. The van der Waals surface area contributed by atoms with Crippen molar-refractivity contribution >= 4 is 28.4 Å². The van der Waals surface area contributed by atoms with Crippen LogP contribution in [0, 0.1) is 5.92 Å². The standard InChI is InChI=1S/C15H15N3O2/c1-10(19)18-8-12(9-18)15(20)17-13-4-5-14-11(7-13)3-2-6-16-14/h2-7,12H,8-9H2,1H3,(H,17,20). The van der Waals surface area contributed by atoms with Gasteiger partial charge in [0.2, 0.25) is 11.8 Å². The Kier molecular flexibility index (Phi) is 3.10. The molecule has 5 heteroatoms. The normalized spacial score (nSPS) is 14.9. The minimum absolute atomic E-state index is 0.0193. The number of benzene rings is 1. The molecule has 1 aromatic heterocycles. The van der Waals surface area contributed by atoms with Crippen LogP contribution in [0.15, 0.2) is 36.5 Å². The summed E-state index contributed by atoms with van der Waals surface area (Å²) in [6, 6.07) is 9.45. The SMILES string of the molecule is CC(=O)N1CC(C(=O)Nc2ccc3ncccc3c2)C1. The molecule has 0 aliphatic carbocycles. The molecular formula is C15H15N3O2. The maximum Gasteiger partial charge on any atom is 0.231 e. The van der Waals surface area contributed by atoms with Gasteiger partial charge in [-0.2, -0.15) is 0 Å². The van der Waals surface area contributed by atoms with Crippen LogP contribution in [0.3, 0.4) is 0 Å². The molecule has 2 amide bonds. The molecule has 0 saturated carbocycles. The molecular weight excluding hydrogens is 254 g/mol. The topological polar surface area (TPSA) is 62.3 Å². The van der Waals surface area contributed by atoms with Crippen molar-refractivity contribution in [2.75, 3.05) is 18.4 Å². The van der Waals surface area contributed by atoms with Crippen LogP contribution < -0.4 is 5.32 Å². The Bertz CT molecular complexity index is 678. The fourth-order valence-electron chi connectivity index (χ4n) is 2.30. The lowest BCUT2D eigenvalue weighted by molar-refractivity contribution is -0.139. The van der Waals surface area contributed by atoms with Crippen LogP contribution in [0.4, 0.5) is 5.69 Å². The van der Waals surface area contributed by atoms with Gasteiger partial charge >= 0.3 is 0 Å². The molecule has 5 nitrogen and oxygen atoms in total. The van der Waals surface area contributed by atoms with Gasteiger partial charge in [0.1, 0.15) is 0 Å². The van der Waals surface area contributed by atoms with E-state index >= 15 is 0 Å². The van der Waals surface area contributed by atoms with Crippen molar-refractivity contribution in [2.24, 2.45) is 5.92 Å². The summed E-state index contributed by atoms with van der Waals surface area (Å²) in [5.41, 5.74) is 1.66. The monoisotopic (exact) mass is 269 g/mol. The van der Waals surface area contributed by atoms with Crippen molar-refractivity contribution in [3.63, 3.8) is 0 Å². The number of hydrogen-bond acceptors (Lipinski definition) is 3. The lowest BCUT2D eigenvalue weighted by Gasteiger charge is -2.37. The molecule has 102 valence electrons. The fourth-order valence-corrected chi connectivity index (χ4v) is 2.30. The van der Waals surface area contributed by atoms with E-state index in [1.807, 2.05) is 30.3 Å². The summed E-state index contributed by atoms with van der Waals surface area (Å²) >= 11 is 0. The third-order valence-corrected chi connectivity index (χ3v) is 3.57. The van der Waals surface area contributed by atoms with E-state index in [4.69, 9.17) is 0 Å². The Morgan fingerprint density at radius 1 is 1.30 bits per heavy atom. The molecule has 1 aliphatic heterocycles. The van der Waals surface area contributed by atoms with Gasteiger partial charge in [-0.3, -0.25) is 14.6 Å². The average Bonchev–Trinajstić information content (AvgIpc) is 2.36. The lowest BCUT2D eigenvalue weighted by atomic mass is 9.99. The molecule has 0 radical (unpaired) electrons. The van der Waals surface area contributed by atoms with Gasteiger partial charge in [-0.15, -0.1) is 0 Å². The van der Waals surface area contributed by atoms with Crippen molar-refractivity contribution < 1.29 is 9.59 Å². The number of pyridine rings is 1. The quantitative estimate of drug-likeness (QED) is 0.901. The summed E-state index contributed by atoms with van der Waals surface area (Å²) in [5.74, 6) is -0.125. The van der Waals surface area contributed by atoms with E-state index in [1.165, 1.54) is 6.92 Å². The van der Waals surface area contributed by atoms with E-state index < -0.39 is 0 Å². The van der Waals surface area contributed by atoms with Crippen LogP contribution >= 0.6 is 0 Å². The first-order valence-electron chi connectivity index (χ1n) is 6.54. The van der Waals surface area contributed by atoms with Gasteiger partial charge in [0, 0.05) is 37.3 Å². The minimum atomic E-state index is -0.108. The van der Waals surface area contributed by atoms with Crippen molar-refractivity contribution in [3.8, 4) is 0 Å². The number of carbonyl (C=O) groups is 2. The van der Waals surface area contributed by atoms with Crippen LogP contribution in [0.2, 0.25) is 0 Å². The summed E-state index contributed by atoms with van der Waals surface area (Å²) in [6.07, 6.45) is 1.74. The maximum atomic E-state index is 12.0. The van der Waals surface area contributed by atoms with Gasteiger partial charge in [-0.25, -0.2) is 0 Å². The van der Waals surface area contributed by atoms with Gasteiger partial charge in [-0.1, -0.05) is 6.07 Å². The zero-order valence-electron chi connectivity index (χ0n) is 11.2. The summed E-state index contributed by atoms with van der Waals surface area (Å²) in [4.78, 5) is 29.0. The molecule has 2 heterocycles. The van der Waals surface area contributed by atoms with Crippen molar-refractivity contribution in [1.82, 2.24) is 9.88 Å². The average molecular weight is 269 g/mol. The summed E-state index contributed by atoms with van der Waals surface area (Å²) < 4.78 is 0. The summed E-state index contributed by atoms with van der Waals surface area (Å²) in [6.45, 7) is 2.54. The molecule has 3 rings (SSSR count). The van der Waals surface area contributed by atoms with Crippen molar-refractivity contribution in [2.45, 2.75) is 6.92 Å². The number of nitrogens with zero attached hydrogens (tertiary/aromatic N) is 2. The first kappa shape index (κ1) is 12.6. The van der Waals surface area contributed by atoms with Crippen molar-refractivity contribution in [1.29, 1.82) is 0 Å². The lowest BCUT2D eigenvalue weighted by Crippen LogP contribution is -2.53. The van der Waals surface area contributed by atoms with Gasteiger partial charge in [0.15, 0.2) is 0 Å². The Morgan fingerprint density at radius 2 is 2.10 bits per heavy atom. The second-order valence-corrected chi connectivity index (χ2v) is 5.02. The van der Waals surface area contributed by atoms with E-state index in [1.54, 1.807) is 11.1 Å². The van der Waals surface area contributed by atoms with Gasteiger partial charge in [0.05, 0.1) is 11.4 Å². The highest BCUT2D eigenvalue weighted by molar-refractivity contribution is 5.96. The Hall–Kier alpha value is -2.43. The first-order chi connectivity index (χ1) is 9.63. The van der Waals surface area contributed by atoms with Crippen molar-refractivity contribution in [3.05, 3.63) is 36.5 Å². The Labute approximate surface area is 116 Å². The summed E-state index contributed by atoms with van der Waals surface area (Å²) in [5, 5.41) is 3.88. The Morgan fingerprint density at radius 3 is 2.85 bits per heavy atom. The van der Waals surface area contributed by atoms with E-state index in [9.17, 15) is 9.59 Å². The molecule has 20 heavy (non-hydrogen) atoms. The zero-order chi connectivity index (χ0) is 14.1. The van der Waals surface area contributed by atoms with Gasteiger partial charge in [-0.05, 0) is 24.3 Å².